The van der Waals surface area contributed by atoms with E-state index in [2.05, 4.69) is 15.2 Å². The summed E-state index contributed by atoms with van der Waals surface area (Å²) >= 11 is 6.06. The summed E-state index contributed by atoms with van der Waals surface area (Å²) < 4.78 is 6.72. The second-order valence-electron chi connectivity index (χ2n) is 7.40. The summed E-state index contributed by atoms with van der Waals surface area (Å²) in [5.41, 5.74) is 0.859. The van der Waals surface area contributed by atoms with Crippen molar-refractivity contribution < 1.29 is 14.0 Å². The molecule has 162 valence electrons. The molecular formula is C21H22ClN5O4. The molecule has 4 rings (SSSR count). The quantitative estimate of drug-likeness (QED) is 0.656. The lowest BCUT2D eigenvalue weighted by atomic mass is 10.2. The van der Waals surface area contributed by atoms with Gasteiger partial charge in [-0.3, -0.25) is 14.4 Å². The lowest BCUT2D eigenvalue weighted by molar-refractivity contribution is -0.130. The number of aromatic nitrogens is 2. The monoisotopic (exact) mass is 443 g/mol. The zero-order valence-electron chi connectivity index (χ0n) is 17.2. The summed E-state index contributed by atoms with van der Waals surface area (Å²) in [7, 11) is 1.55. The van der Waals surface area contributed by atoms with Gasteiger partial charge < -0.3 is 24.1 Å². The van der Waals surface area contributed by atoms with Gasteiger partial charge >= 0.3 is 0 Å². The molecule has 9 nitrogen and oxygen atoms in total. The molecule has 1 aliphatic heterocycles. The number of nitrogens with one attached hydrogen (secondary N) is 1. The number of carbonyl (C=O) groups excluding carboxylic acids is 2. The summed E-state index contributed by atoms with van der Waals surface area (Å²) in [6, 6.07) is 7.61. The third-order valence-corrected chi connectivity index (χ3v) is 5.62. The zero-order chi connectivity index (χ0) is 22.1. The molecule has 1 aromatic carbocycles. The van der Waals surface area contributed by atoms with E-state index in [1.165, 1.54) is 10.9 Å². The fourth-order valence-electron chi connectivity index (χ4n) is 3.70. The van der Waals surface area contributed by atoms with Crippen molar-refractivity contribution in [3.05, 3.63) is 57.3 Å². The van der Waals surface area contributed by atoms with E-state index in [0.717, 1.165) is 5.69 Å². The van der Waals surface area contributed by atoms with E-state index in [4.69, 9.17) is 16.0 Å². The lowest BCUT2D eigenvalue weighted by Crippen LogP contribution is -2.51. The van der Waals surface area contributed by atoms with Crippen LogP contribution < -0.4 is 15.8 Å². The molecule has 1 N–H and O–H groups in total. The average molecular weight is 444 g/mol. The zero-order valence-corrected chi connectivity index (χ0v) is 18.0. The van der Waals surface area contributed by atoms with Gasteiger partial charge in [0.15, 0.2) is 0 Å². The number of halogens is 1. The minimum Gasteiger partial charge on any atom is -0.442 e. The number of piperazine rings is 1. The third kappa shape index (κ3) is 4.13. The van der Waals surface area contributed by atoms with Crippen molar-refractivity contribution >= 4 is 40.2 Å². The summed E-state index contributed by atoms with van der Waals surface area (Å²) in [5, 5.41) is 3.40. The van der Waals surface area contributed by atoms with Crippen LogP contribution in [0.1, 0.15) is 16.1 Å². The second kappa shape index (κ2) is 8.43. The number of carbonyl (C=O) groups is 2. The largest absolute Gasteiger partial charge is 0.442 e. The van der Waals surface area contributed by atoms with Gasteiger partial charge in [0.25, 0.3) is 11.5 Å². The van der Waals surface area contributed by atoms with Crippen LogP contribution in [0.4, 0.5) is 5.69 Å². The van der Waals surface area contributed by atoms with Gasteiger partial charge in [0.1, 0.15) is 17.5 Å². The number of amides is 2. The highest BCUT2D eigenvalue weighted by Gasteiger charge is 2.25. The first-order valence-electron chi connectivity index (χ1n) is 9.86. The molecule has 2 aromatic heterocycles. The molecule has 10 heteroatoms. The maximum absolute atomic E-state index is 12.7. The van der Waals surface area contributed by atoms with Gasteiger partial charge in [-0.25, -0.2) is 4.98 Å². The van der Waals surface area contributed by atoms with Crippen molar-refractivity contribution in [2.75, 3.05) is 37.6 Å². The molecule has 0 saturated carbocycles. The predicted octanol–water partition coefficient (Wildman–Crippen LogP) is 1.57. The molecule has 0 atom stereocenters. The number of hydrogen-bond donors (Lipinski definition) is 1. The van der Waals surface area contributed by atoms with E-state index < -0.39 is 5.91 Å². The van der Waals surface area contributed by atoms with Crippen LogP contribution in [0.5, 0.6) is 0 Å². The van der Waals surface area contributed by atoms with Gasteiger partial charge in [-0.1, -0.05) is 17.7 Å². The number of furan rings is 1. The number of rotatable bonds is 4. The molecule has 1 fully saturated rings. The molecule has 0 radical (unpaired) electrons. The normalized spacial score (nSPS) is 14.2. The van der Waals surface area contributed by atoms with E-state index in [9.17, 15) is 14.4 Å². The van der Waals surface area contributed by atoms with Gasteiger partial charge in [0.05, 0.1) is 12.1 Å². The van der Waals surface area contributed by atoms with E-state index in [1.807, 2.05) is 24.3 Å². The van der Waals surface area contributed by atoms with Crippen LogP contribution in [0.2, 0.25) is 5.02 Å². The van der Waals surface area contributed by atoms with E-state index >= 15 is 0 Å². The van der Waals surface area contributed by atoms with Crippen LogP contribution in [0.25, 0.3) is 11.1 Å². The molecule has 0 aliphatic carbocycles. The van der Waals surface area contributed by atoms with Crippen molar-refractivity contribution in [3.63, 3.8) is 0 Å². The fourth-order valence-corrected chi connectivity index (χ4v) is 3.89. The number of nitrogens with zero attached hydrogens (tertiary/aromatic N) is 4. The van der Waals surface area contributed by atoms with E-state index in [1.54, 1.807) is 18.9 Å². The highest BCUT2D eigenvalue weighted by atomic mass is 35.5. The Hall–Kier alpha value is -3.33. The highest BCUT2D eigenvalue weighted by molar-refractivity contribution is 6.30. The van der Waals surface area contributed by atoms with E-state index in [-0.39, 0.29) is 40.4 Å². The SMILES string of the molecule is Cc1oc2ncn(C)c(=O)c2c1C(=O)NCC(=O)N1CCN(c2cccc(Cl)c2)CC1. The second-order valence-corrected chi connectivity index (χ2v) is 7.84. The first kappa shape index (κ1) is 20.9. The van der Waals surface area contributed by atoms with Crippen LogP contribution >= 0.6 is 11.6 Å². The Morgan fingerprint density at radius 1 is 1.23 bits per heavy atom. The summed E-state index contributed by atoms with van der Waals surface area (Å²) in [4.78, 5) is 45.7. The maximum atomic E-state index is 12.7. The molecule has 0 spiro atoms. The maximum Gasteiger partial charge on any atom is 0.265 e. The Morgan fingerprint density at radius 3 is 2.68 bits per heavy atom. The topological polar surface area (TPSA) is 101 Å². The molecule has 1 saturated heterocycles. The van der Waals surface area contributed by atoms with Crippen LogP contribution in [0.15, 0.2) is 39.8 Å². The van der Waals surface area contributed by atoms with Crippen molar-refractivity contribution in [2.45, 2.75) is 6.92 Å². The fraction of sp³-hybridized carbons (Fsp3) is 0.333. The number of fused-ring (bicyclic) bond motifs is 1. The molecule has 3 aromatic rings. The van der Waals surface area contributed by atoms with Gasteiger partial charge in [0.2, 0.25) is 11.6 Å². The van der Waals surface area contributed by atoms with Crippen LogP contribution in [-0.4, -0.2) is 59.0 Å². The van der Waals surface area contributed by atoms with Crippen molar-refractivity contribution in [1.82, 2.24) is 19.8 Å². The number of benzene rings is 1. The van der Waals surface area contributed by atoms with Gasteiger partial charge in [-0.05, 0) is 25.1 Å². The third-order valence-electron chi connectivity index (χ3n) is 5.38. The molecule has 0 bridgehead atoms. The Morgan fingerprint density at radius 2 is 1.97 bits per heavy atom. The number of hydrogen-bond acceptors (Lipinski definition) is 6. The molecular weight excluding hydrogens is 422 g/mol. The van der Waals surface area contributed by atoms with Crippen molar-refractivity contribution in [2.24, 2.45) is 7.05 Å². The Balaban J connectivity index is 1.38. The Bertz CT molecular complexity index is 1210. The molecule has 0 unspecified atom stereocenters. The molecule has 1 aliphatic rings. The summed E-state index contributed by atoms with van der Waals surface area (Å²) in [6.45, 7) is 3.86. The van der Waals surface area contributed by atoms with Gasteiger partial charge in [-0.2, -0.15) is 0 Å². The van der Waals surface area contributed by atoms with Gasteiger partial charge in [0, 0.05) is 43.9 Å². The standard InChI is InChI=1S/C21H22ClN5O4/c1-13-17(18-20(31-13)24-12-25(2)21(18)30)19(29)23-11-16(28)27-8-6-26(7-9-27)15-5-3-4-14(22)10-15/h3-5,10,12H,6-9,11H2,1-2H3,(H,23,29). The Labute approximate surface area is 183 Å². The van der Waals surface area contributed by atoms with Crippen LogP contribution in [-0.2, 0) is 11.8 Å². The van der Waals surface area contributed by atoms with Crippen molar-refractivity contribution in [3.8, 4) is 0 Å². The molecule has 2 amide bonds. The first-order valence-corrected chi connectivity index (χ1v) is 10.2. The molecule has 3 heterocycles. The summed E-state index contributed by atoms with van der Waals surface area (Å²) in [6.07, 6.45) is 1.34. The lowest BCUT2D eigenvalue weighted by Gasteiger charge is -2.36. The first-order chi connectivity index (χ1) is 14.8. The number of aryl methyl sites for hydroxylation is 2. The van der Waals surface area contributed by atoms with Gasteiger partial charge in [-0.15, -0.1) is 0 Å². The smallest absolute Gasteiger partial charge is 0.265 e. The minimum atomic E-state index is -0.535. The molecule has 31 heavy (non-hydrogen) atoms. The van der Waals surface area contributed by atoms with Crippen LogP contribution in [0, 0.1) is 6.92 Å². The minimum absolute atomic E-state index is 0.106. The summed E-state index contributed by atoms with van der Waals surface area (Å²) in [5.74, 6) is -0.436. The van der Waals surface area contributed by atoms with Crippen molar-refractivity contribution in [1.29, 1.82) is 0 Å². The average Bonchev–Trinajstić information content (AvgIpc) is 3.11. The number of anilines is 1. The predicted molar refractivity (Wildman–Crippen MR) is 117 cm³/mol. The highest BCUT2D eigenvalue weighted by Crippen LogP contribution is 2.22. The Kier molecular flexibility index (Phi) is 5.69. The van der Waals surface area contributed by atoms with Crippen LogP contribution in [0.3, 0.4) is 0 Å². The van der Waals surface area contributed by atoms with E-state index in [0.29, 0.717) is 31.2 Å².